The number of rotatable bonds is 8. The van der Waals surface area contributed by atoms with Crippen LogP contribution in [0.25, 0.3) is 0 Å². The quantitative estimate of drug-likeness (QED) is 0.199. The van der Waals surface area contributed by atoms with Crippen LogP contribution in [0.15, 0.2) is 115 Å². The molecule has 4 atom stereocenters. The van der Waals surface area contributed by atoms with Crippen molar-refractivity contribution in [3.05, 3.63) is 121 Å². The van der Waals surface area contributed by atoms with Crippen molar-refractivity contribution in [3.63, 3.8) is 0 Å². The Bertz CT molecular complexity index is 1240. The molecule has 0 spiro atoms. The minimum Gasteiger partial charge on any atom is -0.0622 e. The molecule has 0 bridgehead atoms. The van der Waals surface area contributed by atoms with Crippen LogP contribution in [0.5, 0.6) is 0 Å². The van der Waals surface area contributed by atoms with Crippen molar-refractivity contribution in [1.82, 2.24) is 0 Å². The average Bonchev–Trinajstić information content (AvgIpc) is 3.69. The van der Waals surface area contributed by atoms with Crippen molar-refractivity contribution in [1.29, 1.82) is 0 Å². The molecule has 3 unspecified atom stereocenters. The topological polar surface area (TPSA) is 0 Å². The van der Waals surface area contributed by atoms with Gasteiger partial charge in [0.2, 0.25) is 0 Å². The van der Waals surface area contributed by atoms with Gasteiger partial charge in [-0.15, -0.1) is 0 Å². The lowest BCUT2D eigenvalue weighted by Crippen LogP contribution is -2.34. The fraction of sp³-hybridized carbons (Fsp3) is 0.333. The van der Waals surface area contributed by atoms with Gasteiger partial charge in [0.25, 0.3) is 0 Å². The summed E-state index contributed by atoms with van der Waals surface area (Å²) in [7, 11) is -0.831. The normalized spacial score (nSPS) is 21.5. The Labute approximate surface area is 232 Å². The molecule has 0 N–H and O–H groups in total. The Morgan fingerprint density at radius 3 is 1.68 bits per heavy atom. The molecule has 2 aliphatic carbocycles. The predicted octanol–water partition coefficient (Wildman–Crippen LogP) is 8.47. The van der Waals surface area contributed by atoms with Crippen LogP contribution in [0.1, 0.15) is 63.4 Å². The van der Waals surface area contributed by atoms with E-state index in [1.54, 1.807) is 16.2 Å². The van der Waals surface area contributed by atoms with Crippen LogP contribution in [0.4, 0.5) is 0 Å². The summed E-state index contributed by atoms with van der Waals surface area (Å²) in [6.45, 7) is 2.59. The van der Waals surface area contributed by atoms with Crippen molar-refractivity contribution in [2.24, 2.45) is 5.92 Å². The van der Waals surface area contributed by atoms with Crippen LogP contribution in [0.3, 0.4) is 0 Å². The third-order valence-electron chi connectivity index (χ3n) is 8.98. The van der Waals surface area contributed by atoms with Gasteiger partial charge in [0.15, 0.2) is 0 Å². The van der Waals surface area contributed by atoms with Gasteiger partial charge in [-0.25, -0.2) is 0 Å². The van der Waals surface area contributed by atoms with E-state index in [0.29, 0.717) is 5.66 Å². The lowest BCUT2D eigenvalue weighted by molar-refractivity contribution is 0.548. The first-order valence-electron chi connectivity index (χ1n) is 14.6. The predicted molar refractivity (Wildman–Crippen MR) is 170 cm³/mol. The van der Waals surface area contributed by atoms with E-state index in [1.807, 2.05) is 0 Å². The molecule has 4 aromatic carbocycles. The van der Waals surface area contributed by atoms with Crippen molar-refractivity contribution >= 4 is 37.1 Å². The molecule has 0 aliphatic heterocycles. The zero-order chi connectivity index (χ0) is 25.7. The molecular weight excluding hydrogens is 494 g/mol. The second kappa shape index (κ2) is 12.3. The standard InChI is InChI=1S/C36H40P2/c1-28(37(30-18-5-2-6-19-30)31-20-7-3-8-21-31)33-25-15-27-35(33)38(32-22-9-4-10-23-32)36-26-14-13-24-34(36)29-16-11-12-17-29/h2-10,13-14,18-24,26,28-29,33,35H,11-12,15-17,25,27H2,1H3/t28-,33?,35?,38?/m1/s1. The van der Waals surface area contributed by atoms with E-state index in [1.165, 1.54) is 55.6 Å². The molecule has 0 nitrogen and oxygen atoms in total. The van der Waals surface area contributed by atoms with E-state index in [4.69, 9.17) is 0 Å². The Balaban J connectivity index is 1.42. The van der Waals surface area contributed by atoms with E-state index in [-0.39, 0.29) is 0 Å². The molecule has 0 saturated heterocycles. The summed E-state index contributed by atoms with van der Waals surface area (Å²) in [5.41, 5.74) is 3.06. The summed E-state index contributed by atoms with van der Waals surface area (Å²) < 4.78 is 0. The summed E-state index contributed by atoms with van der Waals surface area (Å²) in [6.07, 6.45) is 9.61. The third kappa shape index (κ3) is 5.41. The minimum absolute atomic E-state index is 0.413. The molecule has 4 aromatic rings. The fourth-order valence-corrected chi connectivity index (χ4v) is 13.9. The highest BCUT2D eigenvalue weighted by Crippen LogP contribution is 2.57. The number of hydrogen-bond donors (Lipinski definition) is 0. The zero-order valence-electron chi connectivity index (χ0n) is 22.6. The zero-order valence-corrected chi connectivity index (χ0v) is 24.4. The smallest absolute Gasteiger partial charge is 0.00942 e. The second-order valence-electron chi connectivity index (χ2n) is 11.2. The molecule has 2 fully saturated rings. The molecule has 6 rings (SSSR count). The van der Waals surface area contributed by atoms with E-state index in [2.05, 4.69) is 122 Å². The Morgan fingerprint density at radius 1 is 0.553 bits per heavy atom. The summed E-state index contributed by atoms with van der Waals surface area (Å²) in [6, 6.07) is 44.1. The molecule has 2 heteroatoms. The van der Waals surface area contributed by atoms with Gasteiger partial charge in [-0.3, -0.25) is 0 Å². The van der Waals surface area contributed by atoms with Crippen molar-refractivity contribution < 1.29 is 0 Å². The summed E-state index contributed by atoms with van der Waals surface area (Å²) in [5, 5.41) is 6.33. The molecule has 0 amide bonds. The first-order valence-corrected chi connectivity index (χ1v) is 17.5. The van der Waals surface area contributed by atoms with Crippen molar-refractivity contribution in [2.75, 3.05) is 0 Å². The molecule has 0 radical (unpaired) electrons. The van der Waals surface area contributed by atoms with Gasteiger partial charge in [-0.05, 0) is 91.5 Å². The van der Waals surface area contributed by atoms with E-state index in [9.17, 15) is 0 Å². The monoisotopic (exact) mass is 534 g/mol. The van der Waals surface area contributed by atoms with Crippen LogP contribution >= 0.6 is 15.8 Å². The molecule has 0 heterocycles. The van der Waals surface area contributed by atoms with E-state index >= 15 is 0 Å². The van der Waals surface area contributed by atoms with Gasteiger partial charge in [-0.1, -0.05) is 141 Å². The highest BCUT2D eigenvalue weighted by molar-refractivity contribution is 7.74. The third-order valence-corrected chi connectivity index (χ3v) is 15.0. The highest BCUT2D eigenvalue weighted by atomic mass is 31.1. The number of hydrogen-bond acceptors (Lipinski definition) is 0. The van der Waals surface area contributed by atoms with Crippen LogP contribution in [-0.2, 0) is 0 Å². The maximum atomic E-state index is 2.59. The maximum absolute atomic E-state index is 2.59. The summed E-state index contributed by atoms with van der Waals surface area (Å²) in [5.74, 6) is 1.49. The van der Waals surface area contributed by atoms with Crippen LogP contribution in [0.2, 0.25) is 0 Å². The fourth-order valence-electron chi connectivity index (χ4n) is 7.23. The minimum atomic E-state index is -0.418. The lowest BCUT2D eigenvalue weighted by Gasteiger charge is -2.38. The molecular formula is C36H40P2. The van der Waals surface area contributed by atoms with Gasteiger partial charge in [-0.2, -0.15) is 0 Å². The van der Waals surface area contributed by atoms with Crippen LogP contribution in [-0.4, -0.2) is 11.3 Å². The molecule has 194 valence electrons. The van der Waals surface area contributed by atoms with Crippen molar-refractivity contribution in [3.8, 4) is 0 Å². The van der Waals surface area contributed by atoms with Crippen LogP contribution < -0.4 is 21.2 Å². The highest BCUT2D eigenvalue weighted by Gasteiger charge is 2.41. The van der Waals surface area contributed by atoms with Crippen molar-refractivity contribution in [2.45, 2.75) is 69.1 Å². The van der Waals surface area contributed by atoms with Gasteiger partial charge >= 0.3 is 0 Å². The molecule has 2 saturated carbocycles. The first kappa shape index (κ1) is 26.0. The molecule has 38 heavy (non-hydrogen) atoms. The second-order valence-corrected chi connectivity index (χ2v) is 16.2. The Hall–Kier alpha value is -2.26. The average molecular weight is 535 g/mol. The Morgan fingerprint density at radius 2 is 1.08 bits per heavy atom. The SMILES string of the molecule is C[C@H](C1CCCC1P(c1ccccc1)c1ccccc1C1CCCC1)P(c1ccccc1)c1ccccc1. The largest absolute Gasteiger partial charge is 0.0622 e. The molecule has 0 aromatic heterocycles. The first-order chi connectivity index (χ1) is 18.8. The van der Waals surface area contributed by atoms with Crippen LogP contribution in [0, 0.1) is 5.92 Å². The van der Waals surface area contributed by atoms with Gasteiger partial charge in [0, 0.05) is 0 Å². The summed E-state index contributed by atoms with van der Waals surface area (Å²) in [4.78, 5) is 0. The van der Waals surface area contributed by atoms with E-state index in [0.717, 1.165) is 17.5 Å². The van der Waals surface area contributed by atoms with E-state index < -0.39 is 15.8 Å². The number of benzene rings is 4. The van der Waals surface area contributed by atoms with Gasteiger partial charge in [0.05, 0.1) is 0 Å². The lowest BCUT2D eigenvalue weighted by atomic mass is 9.98. The summed E-state index contributed by atoms with van der Waals surface area (Å²) >= 11 is 0. The maximum Gasteiger partial charge on any atom is -0.00942 e. The van der Waals surface area contributed by atoms with Gasteiger partial charge < -0.3 is 0 Å². The molecule has 2 aliphatic rings. The van der Waals surface area contributed by atoms with Gasteiger partial charge in [0.1, 0.15) is 0 Å². The Kier molecular flexibility index (Phi) is 8.40.